The second-order valence-corrected chi connectivity index (χ2v) is 9.43. The Morgan fingerprint density at radius 1 is 1.27 bits per heavy atom. The number of nitrogens with zero attached hydrogens (tertiary/aromatic N) is 2. The van der Waals surface area contributed by atoms with Crippen LogP contribution in [0.3, 0.4) is 0 Å². The molecule has 1 aliphatic rings. The van der Waals surface area contributed by atoms with Gasteiger partial charge in [0.1, 0.15) is 10.6 Å². The summed E-state index contributed by atoms with van der Waals surface area (Å²) < 4.78 is 42.1. The molecule has 1 aliphatic carbocycles. The molecule has 0 atom stereocenters. The second kappa shape index (κ2) is 9.60. The zero-order valence-corrected chi connectivity index (χ0v) is 19.0. The molecule has 2 aromatic heterocycles. The number of hydrogen-bond acceptors (Lipinski definition) is 6. The highest BCUT2D eigenvalue weighted by atomic mass is 32.2. The summed E-state index contributed by atoms with van der Waals surface area (Å²) in [5.41, 5.74) is 1.30. The minimum Gasteiger partial charge on any atom is -0.406 e. The Morgan fingerprint density at radius 3 is 2.70 bits per heavy atom. The fraction of sp³-hybridized carbons (Fsp3) is 0.318. The van der Waals surface area contributed by atoms with Gasteiger partial charge >= 0.3 is 6.36 Å². The molecule has 4 rings (SSSR count). The van der Waals surface area contributed by atoms with Crippen LogP contribution >= 0.6 is 23.1 Å². The summed E-state index contributed by atoms with van der Waals surface area (Å²) in [6.07, 6.45) is 0.823. The zero-order valence-electron chi connectivity index (χ0n) is 17.4. The van der Waals surface area contributed by atoms with Crippen molar-refractivity contribution in [2.75, 3.05) is 11.1 Å². The summed E-state index contributed by atoms with van der Waals surface area (Å²) >= 11 is 2.67. The Morgan fingerprint density at radius 2 is 2.00 bits per heavy atom. The van der Waals surface area contributed by atoms with Gasteiger partial charge in [-0.15, -0.1) is 31.1 Å². The highest BCUT2D eigenvalue weighted by molar-refractivity contribution is 7.99. The number of halogens is 3. The quantitative estimate of drug-likeness (QED) is 0.279. The van der Waals surface area contributed by atoms with Crippen molar-refractivity contribution in [1.29, 1.82) is 0 Å². The highest BCUT2D eigenvalue weighted by Crippen LogP contribution is 2.34. The van der Waals surface area contributed by atoms with E-state index in [2.05, 4.69) is 21.6 Å². The van der Waals surface area contributed by atoms with Gasteiger partial charge in [-0.3, -0.25) is 14.2 Å². The molecule has 0 fully saturated rings. The molecule has 1 aromatic carbocycles. The lowest BCUT2D eigenvalue weighted by Gasteiger charge is -2.12. The minimum absolute atomic E-state index is 0.0268. The summed E-state index contributed by atoms with van der Waals surface area (Å²) in [5.74, 6) is -0.782. The third-order valence-corrected chi connectivity index (χ3v) is 7.22. The van der Waals surface area contributed by atoms with Gasteiger partial charge < -0.3 is 10.1 Å². The Bertz CT molecular complexity index is 1250. The smallest absolute Gasteiger partial charge is 0.406 e. The number of benzene rings is 1. The van der Waals surface area contributed by atoms with Crippen molar-refractivity contribution >= 4 is 44.9 Å². The molecule has 0 spiro atoms. The SMILES string of the molecule is C=CCn1c(SCC(=O)Nc2ccc(OC(F)(F)F)cc2)nc2sc3c(c2c1=O)CCCC3. The lowest BCUT2D eigenvalue weighted by Crippen LogP contribution is -2.24. The van der Waals surface area contributed by atoms with Crippen LogP contribution in [0.5, 0.6) is 5.75 Å². The van der Waals surface area contributed by atoms with E-state index in [1.807, 2.05) is 0 Å². The first-order valence-corrected chi connectivity index (χ1v) is 12.0. The molecule has 0 unspecified atom stereocenters. The molecule has 3 aromatic rings. The van der Waals surface area contributed by atoms with Crippen molar-refractivity contribution in [2.45, 2.75) is 43.7 Å². The van der Waals surface area contributed by atoms with E-state index in [-0.39, 0.29) is 29.5 Å². The maximum atomic E-state index is 13.2. The molecule has 0 aliphatic heterocycles. The van der Waals surface area contributed by atoms with Crippen molar-refractivity contribution in [1.82, 2.24) is 9.55 Å². The number of aromatic nitrogens is 2. The first-order chi connectivity index (χ1) is 15.7. The van der Waals surface area contributed by atoms with Crippen LogP contribution in [0.2, 0.25) is 0 Å². The van der Waals surface area contributed by atoms with E-state index in [1.165, 1.54) is 21.6 Å². The van der Waals surface area contributed by atoms with Crippen LogP contribution in [0.4, 0.5) is 18.9 Å². The van der Waals surface area contributed by atoms with Crippen molar-refractivity contribution < 1.29 is 22.7 Å². The van der Waals surface area contributed by atoms with Crippen LogP contribution in [-0.4, -0.2) is 27.6 Å². The molecule has 2 heterocycles. The monoisotopic (exact) mass is 495 g/mol. The van der Waals surface area contributed by atoms with Gasteiger partial charge in [-0.05, 0) is 55.5 Å². The molecule has 0 bridgehead atoms. The largest absolute Gasteiger partial charge is 0.573 e. The number of fused-ring (bicyclic) bond motifs is 3. The number of carbonyl (C=O) groups is 1. The fourth-order valence-electron chi connectivity index (χ4n) is 3.69. The number of thiophene rings is 1. The number of allylic oxidation sites excluding steroid dienone is 1. The molecule has 0 saturated carbocycles. The van der Waals surface area contributed by atoms with Gasteiger partial charge in [0.15, 0.2) is 5.16 Å². The van der Waals surface area contributed by atoms with E-state index >= 15 is 0 Å². The highest BCUT2D eigenvalue weighted by Gasteiger charge is 2.31. The van der Waals surface area contributed by atoms with Crippen molar-refractivity contribution in [3.8, 4) is 5.75 Å². The lowest BCUT2D eigenvalue weighted by molar-refractivity contribution is -0.274. The minimum atomic E-state index is -4.78. The second-order valence-electron chi connectivity index (χ2n) is 7.40. The number of rotatable bonds is 7. The number of aryl methyl sites for hydroxylation is 2. The molecular weight excluding hydrogens is 475 g/mol. The maximum Gasteiger partial charge on any atom is 0.573 e. The number of thioether (sulfide) groups is 1. The molecule has 1 amide bonds. The van der Waals surface area contributed by atoms with Crippen molar-refractivity contribution in [3.05, 3.63) is 57.7 Å². The number of carbonyl (C=O) groups excluding carboxylic acids is 1. The Kier molecular flexibility index (Phi) is 6.80. The summed E-state index contributed by atoms with van der Waals surface area (Å²) in [6, 6.07) is 4.87. The number of ether oxygens (including phenoxy) is 1. The number of alkyl halides is 3. The van der Waals surface area contributed by atoms with Crippen LogP contribution in [0.1, 0.15) is 23.3 Å². The average Bonchev–Trinajstić information content (AvgIpc) is 3.13. The van der Waals surface area contributed by atoms with Gasteiger partial charge in [0.2, 0.25) is 5.91 Å². The van der Waals surface area contributed by atoms with Crippen molar-refractivity contribution in [2.24, 2.45) is 0 Å². The Hall–Kier alpha value is -2.79. The third-order valence-electron chi connectivity index (χ3n) is 5.06. The molecular formula is C22H20F3N3O3S2. The van der Waals surface area contributed by atoms with Crippen molar-refractivity contribution in [3.63, 3.8) is 0 Å². The van der Waals surface area contributed by atoms with E-state index < -0.39 is 6.36 Å². The van der Waals surface area contributed by atoms with E-state index in [4.69, 9.17) is 0 Å². The van der Waals surface area contributed by atoms with Crippen LogP contribution in [-0.2, 0) is 24.2 Å². The van der Waals surface area contributed by atoms with Gasteiger partial charge in [-0.1, -0.05) is 17.8 Å². The molecule has 33 heavy (non-hydrogen) atoms. The van der Waals surface area contributed by atoms with E-state index in [1.54, 1.807) is 17.4 Å². The Balaban J connectivity index is 1.49. The normalized spacial score (nSPS) is 13.5. The molecule has 11 heteroatoms. The molecule has 6 nitrogen and oxygen atoms in total. The molecule has 1 N–H and O–H groups in total. The van der Waals surface area contributed by atoms with Crippen LogP contribution in [0, 0.1) is 0 Å². The van der Waals surface area contributed by atoms with Gasteiger partial charge in [0, 0.05) is 17.1 Å². The van der Waals surface area contributed by atoms with E-state index in [9.17, 15) is 22.8 Å². The standard InChI is InChI=1S/C22H20F3N3O3S2/c1-2-11-28-20(30)18-15-5-3-4-6-16(15)33-19(18)27-21(28)32-12-17(29)26-13-7-9-14(10-8-13)31-22(23,24)25/h2,7-10H,1,3-6,11-12H2,(H,26,29). The first kappa shape index (κ1) is 23.4. The predicted molar refractivity (Wildman–Crippen MR) is 123 cm³/mol. The number of anilines is 1. The third kappa shape index (κ3) is 5.41. The van der Waals surface area contributed by atoms with Gasteiger partial charge in [-0.25, -0.2) is 4.98 Å². The molecule has 174 valence electrons. The van der Waals surface area contributed by atoms with Gasteiger partial charge in [0.05, 0.1) is 11.1 Å². The Labute approximate surface area is 195 Å². The predicted octanol–water partition coefficient (Wildman–Crippen LogP) is 5.15. The average molecular weight is 496 g/mol. The maximum absolute atomic E-state index is 13.2. The lowest BCUT2D eigenvalue weighted by atomic mass is 9.97. The number of hydrogen-bond donors (Lipinski definition) is 1. The van der Waals surface area contributed by atoms with Gasteiger partial charge in [-0.2, -0.15) is 0 Å². The summed E-state index contributed by atoms with van der Waals surface area (Å²) in [7, 11) is 0. The summed E-state index contributed by atoms with van der Waals surface area (Å²) in [5, 5.41) is 3.71. The number of nitrogens with one attached hydrogen (secondary N) is 1. The number of amides is 1. The summed E-state index contributed by atoms with van der Waals surface area (Å²) in [4.78, 5) is 32.2. The van der Waals surface area contributed by atoms with Crippen LogP contribution in [0.15, 0.2) is 46.9 Å². The van der Waals surface area contributed by atoms with Gasteiger partial charge in [0.25, 0.3) is 5.56 Å². The van der Waals surface area contributed by atoms with Crippen LogP contribution in [0.25, 0.3) is 10.2 Å². The fourth-order valence-corrected chi connectivity index (χ4v) is 5.80. The summed E-state index contributed by atoms with van der Waals surface area (Å²) in [6.45, 7) is 3.99. The van der Waals surface area contributed by atoms with E-state index in [0.29, 0.717) is 21.1 Å². The topological polar surface area (TPSA) is 73.2 Å². The zero-order chi connectivity index (χ0) is 23.6. The van der Waals surface area contributed by atoms with E-state index in [0.717, 1.165) is 55.1 Å². The first-order valence-electron chi connectivity index (χ1n) is 10.2. The van der Waals surface area contributed by atoms with Crippen LogP contribution < -0.4 is 15.6 Å². The molecule has 0 radical (unpaired) electrons. The molecule has 0 saturated heterocycles.